The van der Waals surface area contributed by atoms with Gasteiger partial charge in [-0.15, -0.1) is 0 Å². The molecule has 1 saturated carbocycles. The molecule has 1 radical (unpaired) electrons. The molecule has 0 spiro atoms. The zero-order valence-corrected chi connectivity index (χ0v) is 14.6. The first-order valence-corrected chi connectivity index (χ1v) is 8.95. The molecule has 0 saturated heterocycles. The van der Waals surface area contributed by atoms with Gasteiger partial charge in [0.2, 0.25) is 0 Å². The second-order valence-electron chi connectivity index (χ2n) is 6.91. The number of fused-ring (bicyclic) bond motifs is 2. The Labute approximate surface area is 154 Å². The van der Waals surface area contributed by atoms with Crippen LogP contribution in [0.3, 0.4) is 0 Å². The molecule has 3 heterocycles. The molecule has 1 amide bonds. The lowest BCUT2D eigenvalue weighted by molar-refractivity contribution is 0.100. The monoisotopic (exact) mass is 360 g/mol. The summed E-state index contributed by atoms with van der Waals surface area (Å²) >= 11 is 0. The van der Waals surface area contributed by atoms with Crippen molar-refractivity contribution in [3.8, 4) is 11.4 Å². The third-order valence-electron chi connectivity index (χ3n) is 5.31. The van der Waals surface area contributed by atoms with Crippen molar-refractivity contribution in [2.75, 3.05) is 5.73 Å². The van der Waals surface area contributed by atoms with Gasteiger partial charge in [0.25, 0.3) is 5.91 Å². The van der Waals surface area contributed by atoms with Crippen LogP contribution in [0.15, 0.2) is 24.7 Å². The number of anilines is 1. The van der Waals surface area contributed by atoms with Crippen LogP contribution in [-0.4, -0.2) is 30.4 Å². The Balaban J connectivity index is 1.77. The van der Waals surface area contributed by atoms with Gasteiger partial charge in [-0.05, 0) is 25.0 Å². The van der Waals surface area contributed by atoms with Crippen molar-refractivity contribution >= 4 is 33.8 Å². The smallest absolute Gasteiger partial charge is 0.251 e. The molecule has 1 aromatic carbocycles. The van der Waals surface area contributed by atoms with Gasteiger partial charge in [0, 0.05) is 17.8 Å². The Hall–Kier alpha value is -3.42. The van der Waals surface area contributed by atoms with Crippen LogP contribution in [0.1, 0.15) is 42.1 Å². The number of carbonyl (C=O) groups excluding carboxylic acids is 1. The van der Waals surface area contributed by atoms with E-state index >= 15 is 0 Å². The zero-order valence-electron chi connectivity index (χ0n) is 14.6. The van der Waals surface area contributed by atoms with E-state index in [1.807, 2.05) is 6.20 Å². The number of aromatic nitrogens is 5. The van der Waals surface area contributed by atoms with Crippen LogP contribution >= 0.6 is 0 Å². The van der Waals surface area contributed by atoms with Crippen LogP contribution in [0.4, 0.5) is 5.82 Å². The van der Waals surface area contributed by atoms with Gasteiger partial charge in [-0.3, -0.25) is 4.79 Å². The minimum Gasteiger partial charge on any atom is -0.383 e. The van der Waals surface area contributed by atoms with Crippen molar-refractivity contribution in [3.63, 3.8) is 0 Å². The Bertz CT molecular complexity index is 1180. The highest BCUT2D eigenvalue weighted by atomic mass is 16.1. The number of hydrogen-bond donors (Lipinski definition) is 3. The molecule has 135 valence electrons. The average Bonchev–Trinajstić information content (AvgIpc) is 3.38. The Kier molecular flexibility index (Phi) is 3.40. The Morgan fingerprint density at radius 3 is 2.89 bits per heavy atom. The van der Waals surface area contributed by atoms with E-state index in [1.165, 1.54) is 19.2 Å². The van der Waals surface area contributed by atoms with Crippen molar-refractivity contribution in [2.24, 2.45) is 5.73 Å². The summed E-state index contributed by atoms with van der Waals surface area (Å²) in [6.07, 6.45) is 8.19. The summed E-state index contributed by atoms with van der Waals surface area (Å²) in [6, 6.07) is 6.71. The van der Waals surface area contributed by atoms with E-state index < -0.39 is 5.91 Å². The third-order valence-corrected chi connectivity index (χ3v) is 5.31. The maximum atomic E-state index is 11.7. The Morgan fingerprint density at radius 2 is 2.11 bits per heavy atom. The molecule has 1 fully saturated rings. The fraction of sp³-hybridized carbons (Fsp3) is 0.263. The first-order valence-electron chi connectivity index (χ1n) is 8.95. The lowest BCUT2D eigenvalue weighted by Gasteiger charge is -2.12. The van der Waals surface area contributed by atoms with Crippen LogP contribution in [-0.2, 0) is 0 Å². The van der Waals surface area contributed by atoms with Crippen LogP contribution < -0.4 is 11.5 Å². The number of hydrogen-bond acceptors (Lipinski definition) is 5. The van der Waals surface area contributed by atoms with E-state index in [9.17, 15) is 4.79 Å². The summed E-state index contributed by atoms with van der Waals surface area (Å²) in [7, 11) is 0. The number of rotatable bonds is 3. The first-order chi connectivity index (χ1) is 13.1. The number of imidazole rings is 1. The van der Waals surface area contributed by atoms with Gasteiger partial charge < -0.3 is 21.0 Å². The number of amides is 1. The standard InChI is InChI=1S/C19H18N7O/c20-16-14-12(8-26(10-4-1-2-5-10)19(14)23-9-22-16)18-24-13-7-3-6-11(17(21)27)15(13)25-18/h3,7-10H,1-2,4-5H2,(H2,21,27)(H,24,25)(H2,20,22,23). The first kappa shape index (κ1) is 15.8. The van der Waals surface area contributed by atoms with Crippen molar-refractivity contribution in [2.45, 2.75) is 31.7 Å². The van der Waals surface area contributed by atoms with Crippen molar-refractivity contribution in [1.29, 1.82) is 0 Å². The predicted molar refractivity (Wildman–Crippen MR) is 102 cm³/mol. The number of H-pyrrole nitrogens is 1. The largest absolute Gasteiger partial charge is 0.383 e. The maximum absolute atomic E-state index is 11.7. The quantitative estimate of drug-likeness (QED) is 0.517. The SMILES string of the molecule is NC(=O)c1[c]ccc2nc(-c3cn(C4CCCC4)c4ncnc(N)c34)[nH]c12. The topological polar surface area (TPSA) is 128 Å². The fourth-order valence-electron chi connectivity index (χ4n) is 4.04. The second-order valence-corrected chi connectivity index (χ2v) is 6.91. The minimum absolute atomic E-state index is 0.287. The molecule has 1 aliphatic rings. The summed E-state index contributed by atoms with van der Waals surface area (Å²) in [5.74, 6) is 0.469. The van der Waals surface area contributed by atoms with Crippen LogP contribution in [0.2, 0.25) is 0 Å². The van der Waals surface area contributed by atoms with Gasteiger partial charge >= 0.3 is 0 Å². The molecule has 0 aliphatic heterocycles. The van der Waals surface area contributed by atoms with Gasteiger partial charge in [-0.1, -0.05) is 18.9 Å². The highest BCUT2D eigenvalue weighted by Crippen LogP contribution is 2.38. The summed E-state index contributed by atoms with van der Waals surface area (Å²) < 4.78 is 2.18. The van der Waals surface area contributed by atoms with Crippen molar-refractivity contribution < 1.29 is 4.79 Å². The van der Waals surface area contributed by atoms with Crippen LogP contribution in [0.25, 0.3) is 33.5 Å². The van der Waals surface area contributed by atoms with E-state index in [1.54, 1.807) is 12.1 Å². The van der Waals surface area contributed by atoms with Crippen LogP contribution in [0.5, 0.6) is 0 Å². The highest BCUT2D eigenvalue weighted by molar-refractivity contribution is 6.05. The molecule has 8 nitrogen and oxygen atoms in total. The number of nitrogen functional groups attached to an aromatic ring is 1. The van der Waals surface area contributed by atoms with E-state index in [-0.39, 0.29) is 5.56 Å². The van der Waals surface area contributed by atoms with Gasteiger partial charge in [0.05, 0.1) is 22.0 Å². The van der Waals surface area contributed by atoms with Crippen molar-refractivity contribution in [1.82, 2.24) is 24.5 Å². The number of carbonyl (C=O) groups is 1. The normalized spacial score (nSPS) is 15.1. The molecule has 5 N–H and O–H groups in total. The molecule has 0 atom stereocenters. The molecule has 27 heavy (non-hydrogen) atoms. The van der Waals surface area contributed by atoms with Gasteiger partial charge in [-0.2, -0.15) is 0 Å². The maximum Gasteiger partial charge on any atom is 0.251 e. The van der Waals surface area contributed by atoms with Gasteiger partial charge in [0.15, 0.2) is 0 Å². The summed E-state index contributed by atoms with van der Waals surface area (Å²) in [5.41, 5.74) is 14.8. The van der Waals surface area contributed by atoms with Crippen molar-refractivity contribution in [3.05, 3.63) is 36.3 Å². The van der Waals surface area contributed by atoms with Gasteiger partial charge in [-0.25, -0.2) is 15.0 Å². The fourth-order valence-corrected chi connectivity index (χ4v) is 4.04. The highest BCUT2D eigenvalue weighted by Gasteiger charge is 2.24. The molecule has 8 heteroatoms. The van der Waals surface area contributed by atoms with E-state index in [0.29, 0.717) is 28.7 Å². The number of primary amides is 1. The van der Waals surface area contributed by atoms with Crippen LogP contribution in [0, 0.1) is 6.07 Å². The predicted octanol–water partition coefficient (Wildman–Crippen LogP) is 2.57. The number of nitrogens with one attached hydrogen (secondary N) is 1. The molecule has 5 rings (SSSR count). The number of aromatic amines is 1. The average molecular weight is 360 g/mol. The summed E-state index contributed by atoms with van der Waals surface area (Å²) in [4.78, 5) is 28.2. The second kappa shape index (κ2) is 5.80. The van der Waals surface area contributed by atoms with E-state index in [2.05, 4.69) is 30.6 Å². The summed E-state index contributed by atoms with van der Waals surface area (Å²) in [5, 5.41) is 0.771. The molecular weight excluding hydrogens is 342 g/mol. The lowest BCUT2D eigenvalue weighted by Crippen LogP contribution is -2.11. The number of benzene rings is 1. The molecule has 4 aromatic rings. The molecule has 0 unspecified atom stereocenters. The lowest BCUT2D eigenvalue weighted by atomic mass is 10.2. The zero-order chi connectivity index (χ0) is 18.5. The minimum atomic E-state index is -0.549. The molecular formula is C19H18N7O. The molecule has 1 aliphatic carbocycles. The number of nitrogens with two attached hydrogens (primary N) is 2. The summed E-state index contributed by atoms with van der Waals surface area (Å²) in [6.45, 7) is 0. The van der Waals surface area contributed by atoms with E-state index in [4.69, 9.17) is 11.5 Å². The third kappa shape index (κ3) is 2.37. The Morgan fingerprint density at radius 1 is 1.30 bits per heavy atom. The van der Waals surface area contributed by atoms with E-state index in [0.717, 1.165) is 29.4 Å². The molecule has 0 bridgehead atoms. The molecule has 3 aromatic heterocycles. The van der Waals surface area contributed by atoms with Gasteiger partial charge in [0.1, 0.15) is 23.6 Å². The number of nitrogens with zero attached hydrogens (tertiary/aromatic N) is 4.